The van der Waals surface area contributed by atoms with Gasteiger partial charge < -0.3 is 0 Å². The Labute approximate surface area is 91.6 Å². The van der Waals surface area contributed by atoms with Crippen LogP contribution in [0.15, 0.2) is 0 Å². The average molecular weight is 248 g/mol. The molecule has 74 valence electrons. The van der Waals surface area contributed by atoms with Crippen LogP contribution in [0.1, 0.15) is 38.5 Å². The normalized spacial score (nSPS) is 11.0. The second kappa shape index (κ2) is 10.2. The second-order valence-electron chi connectivity index (χ2n) is 2.99. The van der Waals surface area contributed by atoms with Gasteiger partial charge >= 0.3 is 0 Å². The van der Waals surface area contributed by atoms with E-state index in [0.717, 1.165) is 18.3 Å². The van der Waals surface area contributed by atoms with E-state index >= 15 is 0 Å². The van der Waals surface area contributed by atoms with E-state index in [2.05, 4.69) is 0 Å². The van der Waals surface area contributed by atoms with Crippen LogP contribution < -0.4 is 0 Å². The molecule has 0 aliphatic heterocycles. The van der Waals surface area contributed by atoms with Crippen molar-refractivity contribution in [1.82, 2.24) is 0 Å². The predicted molar refractivity (Wildman–Crippen MR) is 62.1 cm³/mol. The Kier molecular flexibility index (Phi) is 11.1. The topological polar surface area (TPSA) is 0 Å². The number of alkyl halides is 1. The van der Waals surface area contributed by atoms with Gasteiger partial charge in [-0.2, -0.15) is 22.2 Å². The molecule has 0 radical (unpaired) electrons. The van der Waals surface area contributed by atoms with Crippen LogP contribution in [0.5, 0.6) is 0 Å². The zero-order chi connectivity index (χ0) is 9.23. The van der Waals surface area contributed by atoms with Gasteiger partial charge in [-0.1, -0.05) is 32.1 Å². The summed E-state index contributed by atoms with van der Waals surface area (Å²) in [4.78, 5) is 0. The molecule has 0 rings (SSSR count). The molecule has 0 aromatic rings. The van der Waals surface area contributed by atoms with E-state index in [1.54, 1.807) is 0 Å². The molecule has 0 bridgehead atoms. The minimum atomic E-state index is -1.31. The van der Waals surface area contributed by atoms with Gasteiger partial charge in [0, 0.05) is 5.88 Å². The molecule has 0 amide bonds. The van der Waals surface area contributed by atoms with Gasteiger partial charge in [-0.05, 0) is 12.5 Å². The molecule has 0 fully saturated rings. The Morgan fingerprint density at radius 1 is 0.750 bits per heavy atom. The summed E-state index contributed by atoms with van der Waals surface area (Å²) < 4.78 is 0. The highest BCUT2D eigenvalue weighted by atomic mass is 35.7. The predicted octanol–water partition coefficient (Wildman–Crippen LogP) is 4.26. The molecule has 0 spiro atoms. The number of rotatable bonds is 8. The largest absolute Gasteiger partial charge is 0.237 e. The van der Waals surface area contributed by atoms with E-state index in [1.807, 2.05) is 0 Å². The molecule has 0 aliphatic carbocycles. The SMILES string of the molecule is ClCCCCCCCC[SiH](Cl)Cl. The first-order chi connectivity index (χ1) is 5.77. The van der Waals surface area contributed by atoms with Crippen LogP contribution in [0.3, 0.4) is 0 Å². The van der Waals surface area contributed by atoms with Crippen molar-refractivity contribution in [2.45, 2.75) is 44.6 Å². The van der Waals surface area contributed by atoms with E-state index in [-0.39, 0.29) is 0 Å². The fourth-order valence-corrected chi connectivity index (χ4v) is 2.81. The van der Waals surface area contributed by atoms with E-state index in [0.29, 0.717) is 0 Å². The molecule has 0 aromatic heterocycles. The summed E-state index contributed by atoms with van der Waals surface area (Å²) in [6.07, 6.45) is 7.54. The zero-order valence-electron chi connectivity index (χ0n) is 7.37. The molecule has 0 saturated carbocycles. The maximum Gasteiger partial charge on any atom is 0.237 e. The van der Waals surface area contributed by atoms with Crippen LogP contribution in [0.4, 0.5) is 0 Å². The Morgan fingerprint density at radius 2 is 1.25 bits per heavy atom. The lowest BCUT2D eigenvalue weighted by molar-refractivity contribution is 0.625. The van der Waals surface area contributed by atoms with E-state index in [1.165, 1.54) is 32.1 Å². The molecule has 0 heterocycles. The molecule has 0 saturated heterocycles. The third kappa shape index (κ3) is 11.1. The lowest BCUT2D eigenvalue weighted by Crippen LogP contribution is -1.91. The van der Waals surface area contributed by atoms with Crippen LogP contribution in [-0.4, -0.2) is 13.3 Å². The second-order valence-corrected chi connectivity index (χ2v) is 8.56. The van der Waals surface area contributed by atoms with Crippen molar-refractivity contribution in [2.24, 2.45) is 0 Å². The maximum absolute atomic E-state index is 5.73. The number of hydrogen-bond donors (Lipinski definition) is 0. The molecule has 0 atom stereocenters. The first-order valence-electron chi connectivity index (χ1n) is 4.61. The standard InChI is InChI=1S/C8H17Cl3Si/c9-7-5-3-1-2-4-6-8-12(10)11/h12H,1-8H2. The Balaban J connectivity index is 2.82. The molecule has 12 heavy (non-hydrogen) atoms. The summed E-state index contributed by atoms with van der Waals surface area (Å²) in [7, 11) is -1.31. The van der Waals surface area contributed by atoms with Crippen molar-refractivity contribution < 1.29 is 0 Å². The van der Waals surface area contributed by atoms with E-state index in [4.69, 9.17) is 33.8 Å². The average Bonchev–Trinajstić information content (AvgIpc) is 2.02. The van der Waals surface area contributed by atoms with E-state index in [9.17, 15) is 0 Å². The number of unbranched alkanes of at least 4 members (excludes halogenated alkanes) is 5. The van der Waals surface area contributed by atoms with Crippen LogP contribution in [-0.2, 0) is 0 Å². The summed E-state index contributed by atoms with van der Waals surface area (Å²) in [6, 6.07) is 1.07. The molecule has 4 heteroatoms. The third-order valence-electron chi connectivity index (χ3n) is 1.81. The monoisotopic (exact) mass is 246 g/mol. The Hall–Kier alpha value is 1.09. The van der Waals surface area contributed by atoms with Gasteiger partial charge in [-0.3, -0.25) is 0 Å². The Morgan fingerprint density at radius 3 is 1.75 bits per heavy atom. The highest BCUT2D eigenvalue weighted by molar-refractivity contribution is 7.33. The van der Waals surface area contributed by atoms with Gasteiger partial charge in [-0.25, -0.2) is 0 Å². The van der Waals surface area contributed by atoms with Crippen LogP contribution in [0, 0.1) is 0 Å². The van der Waals surface area contributed by atoms with Gasteiger partial charge in [0.25, 0.3) is 0 Å². The van der Waals surface area contributed by atoms with Crippen LogP contribution in [0.25, 0.3) is 0 Å². The lowest BCUT2D eigenvalue weighted by Gasteiger charge is -2.00. The van der Waals surface area contributed by atoms with Crippen molar-refractivity contribution in [3.63, 3.8) is 0 Å². The van der Waals surface area contributed by atoms with E-state index < -0.39 is 7.42 Å². The van der Waals surface area contributed by atoms with Gasteiger partial charge in [0.1, 0.15) is 0 Å². The quantitative estimate of drug-likeness (QED) is 0.260. The fourth-order valence-electron chi connectivity index (χ4n) is 1.10. The number of hydrogen-bond acceptors (Lipinski definition) is 0. The summed E-state index contributed by atoms with van der Waals surface area (Å²) in [5, 5.41) is 0. The van der Waals surface area contributed by atoms with Crippen LogP contribution in [0.2, 0.25) is 6.04 Å². The summed E-state index contributed by atoms with van der Waals surface area (Å²) >= 11 is 17.0. The minimum absolute atomic E-state index is 0.804. The lowest BCUT2D eigenvalue weighted by atomic mass is 10.1. The highest BCUT2D eigenvalue weighted by Crippen LogP contribution is 2.12. The molecule has 0 aliphatic rings. The van der Waals surface area contributed by atoms with Gasteiger partial charge in [0.05, 0.1) is 0 Å². The summed E-state index contributed by atoms with van der Waals surface area (Å²) in [5.41, 5.74) is 0. The van der Waals surface area contributed by atoms with Crippen molar-refractivity contribution in [1.29, 1.82) is 0 Å². The molecule has 0 unspecified atom stereocenters. The van der Waals surface area contributed by atoms with Gasteiger partial charge in [0.15, 0.2) is 0 Å². The highest BCUT2D eigenvalue weighted by Gasteiger charge is 2.00. The van der Waals surface area contributed by atoms with Crippen molar-refractivity contribution >= 4 is 41.2 Å². The smallest absolute Gasteiger partial charge is 0.150 e. The molecular formula is C8H17Cl3Si. The molecule has 0 N–H and O–H groups in total. The van der Waals surface area contributed by atoms with Crippen molar-refractivity contribution in [3.05, 3.63) is 0 Å². The van der Waals surface area contributed by atoms with Gasteiger partial charge in [0.2, 0.25) is 7.42 Å². The third-order valence-corrected chi connectivity index (χ3v) is 4.23. The zero-order valence-corrected chi connectivity index (χ0v) is 10.8. The minimum Gasteiger partial charge on any atom is -0.150 e. The van der Waals surface area contributed by atoms with Gasteiger partial charge in [-0.15, -0.1) is 11.6 Å². The molecule has 0 aromatic carbocycles. The molecule has 0 nitrogen and oxygen atoms in total. The first-order valence-corrected chi connectivity index (χ1v) is 9.45. The van der Waals surface area contributed by atoms with Crippen molar-refractivity contribution in [3.8, 4) is 0 Å². The van der Waals surface area contributed by atoms with Crippen molar-refractivity contribution in [2.75, 3.05) is 5.88 Å². The molecular weight excluding hydrogens is 231 g/mol. The summed E-state index contributed by atoms with van der Waals surface area (Å²) in [6.45, 7) is 0. The van der Waals surface area contributed by atoms with Crippen LogP contribution >= 0.6 is 33.8 Å². The maximum atomic E-state index is 5.73. The first kappa shape index (κ1) is 13.1. The fraction of sp³-hybridized carbons (Fsp3) is 1.00. The summed E-state index contributed by atoms with van der Waals surface area (Å²) in [5.74, 6) is 0.804. The number of halogens is 3. The Bertz CT molecular complexity index is 88.4.